The highest BCUT2D eigenvalue weighted by Crippen LogP contribution is 2.24. The predicted molar refractivity (Wildman–Crippen MR) is 88.5 cm³/mol. The summed E-state index contributed by atoms with van der Waals surface area (Å²) < 4.78 is 1.61. The number of nitrogens with two attached hydrogens (primary N) is 1. The fourth-order valence-corrected chi connectivity index (χ4v) is 2.53. The van der Waals surface area contributed by atoms with E-state index in [1.54, 1.807) is 47.0 Å². The number of primary amides is 1. The Labute approximate surface area is 142 Å². The highest BCUT2D eigenvalue weighted by molar-refractivity contribution is 6.30. The first kappa shape index (κ1) is 15.9. The van der Waals surface area contributed by atoms with Crippen LogP contribution >= 0.6 is 11.6 Å². The number of hydrogen-bond donors (Lipinski definition) is 2. The smallest absolute Gasteiger partial charge is 0.253 e. The van der Waals surface area contributed by atoms with Crippen LogP contribution in [0.4, 0.5) is 0 Å². The Bertz CT molecular complexity index is 939. The van der Waals surface area contributed by atoms with Gasteiger partial charge in [-0.1, -0.05) is 23.7 Å². The van der Waals surface area contributed by atoms with E-state index in [2.05, 4.69) is 15.5 Å². The topological polar surface area (TPSA) is 102 Å². The van der Waals surface area contributed by atoms with E-state index in [1.807, 2.05) is 0 Å². The maximum absolute atomic E-state index is 12.6. The number of halogens is 1. The Morgan fingerprint density at radius 3 is 2.79 bits per heavy atom. The van der Waals surface area contributed by atoms with Gasteiger partial charge in [-0.15, -0.1) is 10.2 Å². The maximum atomic E-state index is 12.6. The zero-order chi connectivity index (χ0) is 17.3. The second-order valence-corrected chi connectivity index (χ2v) is 5.90. The average molecular weight is 344 g/mol. The van der Waals surface area contributed by atoms with E-state index in [-0.39, 0.29) is 0 Å². The summed E-state index contributed by atoms with van der Waals surface area (Å²) in [5.41, 5.74) is 5.59. The van der Waals surface area contributed by atoms with Crippen molar-refractivity contribution in [2.24, 2.45) is 5.73 Å². The lowest BCUT2D eigenvalue weighted by Crippen LogP contribution is -2.52. The minimum atomic E-state index is -1.40. The summed E-state index contributed by atoms with van der Waals surface area (Å²) in [5.74, 6) is -1.14. The van der Waals surface area contributed by atoms with Gasteiger partial charge in [-0.3, -0.25) is 14.0 Å². The van der Waals surface area contributed by atoms with E-state index < -0.39 is 17.4 Å². The van der Waals surface area contributed by atoms with Gasteiger partial charge < -0.3 is 11.1 Å². The Morgan fingerprint density at radius 1 is 1.29 bits per heavy atom. The Morgan fingerprint density at radius 2 is 2.08 bits per heavy atom. The van der Waals surface area contributed by atoms with Gasteiger partial charge >= 0.3 is 0 Å². The number of rotatable bonds is 4. The quantitative estimate of drug-likeness (QED) is 0.749. The van der Waals surface area contributed by atoms with Crippen molar-refractivity contribution in [1.29, 1.82) is 0 Å². The standard InChI is InChI=1S/C16H14ClN5O2/c1-16(15(18)24,11-3-2-4-12(17)7-11)20-14(23)10-5-6-13-21-19-9-22(13)8-10/h2-9H,1H3,(H2,18,24)(H,20,23)/t16-/m1/s1. The van der Waals surface area contributed by atoms with Crippen LogP contribution in [0.15, 0.2) is 48.9 Å². The molecule has 3 aromatic rings. The second kappa shape index (κ2) is 5.93. The number of fused-ring (bicyclic) bond motifs is 1. The lowest BCUT2D eigenvalue weighted by molar-refractivity contribution is -0.123. The van der Waals surface area contributed by atoms with Crippen molar-refractivity contribution >= 4 is 29.1 Å². The Balaban J connectivity index is 1.95. The van der Waals surface area contributed by atoms with E-state index in [0.717, 1.165) is 0 Å². The van der Waals surface area contributed by atoms with E-state index in [0.29, 0.717) is 21.8 Å². The van der Waals surface area contributed by atoms with Crippen LogP contribution in [0, 0.1) is 0 Å². The molecule has 0 saturated carbocycles. The van der Waals surface area contributed by atoms with Gasteiger partial charge in [0.2, 0.25) is 5.91 Å². The summed E-state index contributed by atoms with van der Waals surface area (Å²) in [7, 11) is 0. The first-order valence-corrected chi connectivity index (χ1v) is 7.46. The van der Waals surface area contributed by atoms with Crippen LogP contribution in [0.1, 0.15) is 22.8 Å². The van der Waals surface area contributed by atoms with Crippen molar-refractivity contribution in [3.8, 4) is 0 Å². The van der Waals surface area contributed by atoms with Crippen LogP contribution in [0.3, 0.4) is 0 Å². The molecule has 0 saturated heterocycles. The molecule has 7 nitrogen and oxygen atoms in total. The summed E-state index contributed by atoms with van der Waals surface area (Å²) in [4.78, 5) is 24.6. The molecule has 0 fully saturated rings. The molecule has 0 aliphatic rings. The largest absolute Gasteiger partial charge is 0.367 e. The molecular formula is C16H14ClN5O2. The van der Waals surface area contributed by atoms with Crippen LogP contribution in [0.5, 0.6) is 0 Å². The average Bonchev–Trinajstić information content (AvgIpc) is 3.02. The van der Waals surface area contributed by atoms with E-state index in [1.165, 1.54) is 13.3 Å². The number of benzene rings is 1. The lowest BCUT2D eigenvalue weighted by atomic mass is 9.91. The van der Waals surface area contributed by atoms with Crippen molar-refractivity contribution in [1.82, 2.24) is 19.9 Å². The van der Waals surface area contributed by atoms with Gasteiger partial charge in [0.05, 0.1) is 5.56 Å². The normalized spacial score (nSPS) is 13.4. The van der Waals surface area contributed by atoms with Crippen molar-refractivity contribution in [3.05, 3.63) is 65.1 Å². The number of nitrogens with one attached hydrogen (secondary N) is 1. The number of pyridine rings is 1. The minimum absolute atomic E-state index is 0.344. The van der Waals surface area contributed by atoms with Gasteiger partial charge in [0.15, 0.2) is 5.65 Å². The van der Waals surface area contributed by atoms with Crippen molar-refractivity contribution in [3.63, 3.8) is 0 Å². The number of nitrogens with zero attached hydrogens (tertiary/aromatic N) is 3. The molecule has 1 aromatic carbocycles. The maximum Gasteiger partial charge on any atom is 0.253 e. The van der Waals surface area contributed by atoms with E-state index >= 15 is 0 Å². The van der Waals surface area contributed by atoms with Gasteiger partial charge in [0, 0.05) is 11.2 Å². The van der Waals surface area contributed by atoms with Crippen LogP contribution in [-0.2, 0) is 10.3 Å². The molecule has 0 unspecified atom stereocenters. The molecule has 2 aromatic heterocycles. The van der Waals surface area contributed by atoms with Crippen molar-refractivity contribution < 1.29 is 9.59 Å². The fraction of sp³-hybridized carbons (Fsp3) is 0.125. The highest BCUT2D eigenvalue weighted by Gasteiger charge is 2.35. The minimum Gasteiger partial charge on any atom is -0.367 e. The van der Waals surface area contributed by atoms with Crippen LogP contribution in [-0.4, -0.2) is 26.4 Å². The third-order valence-corrected chi connectivity index (χ3v) is 4.05. The molecule has 8 heteroatoms. The Hall–Kier alpha value is -2.93. The van der Waals surface area contributed by atoms with Gasteiger partial charge in [-0.05, 0) is 36.8 Å². The molecule has 2 amide bonds. The number of aromatic nitrogens is 3. The third-order valence-electron chi connectivity index (χ3n) is 3.81. The lowest BCUT2D eigenvalue weighted by Gasteiger charge is -2.28. The van der Waals surface area contributed by atoms with Crippen LogP contribution in [0.2, 0.25) is 5.02 Å². The molecule has 0 radical (unpaired) electrons. The first-order valence-electron chi connectivity index (χ1n) is 7.08. The predicted octanol–water partition coefficient (Wildman–Crippen LogP) is 1.51. The number of carbonyl (C=O) groups is 2. The fourth-order valence-electron chi connectivity index (χ4n) is 2.34. The monoisotopic (exact) mass is 343 g/mol. The molecule has 2 heterocycles. The van der Waals surface area contributed by atoms with Gasteiger partial charge in [0.1, 0.15) is 11.9 Å². The molecular weight excluding hydrogens is 330 g/mol. The number of carbonyl (C=O) groups excluding carboxylic acids is 2. The molecule has 3 N–H and O–H groups in total. The summed E-state index contributed by atoms with van der Waals surface area (Å²) in [6.45, 7) is 1.54. The third kappa shape index (κ3) is 2.81. The zero-order valence-electron chi connectivity index (χ0n) is 12.7. The second-order valence-electron chi connectivity index (χ2n) is 5.47. The summed E-state index contributed by atoms with van der Waals surface area (Å²) in [5, 5.41) is 10.8. The number of hydrogen-bond acceptors (Lipinski definition) is 4. The Kier molecular flexibility index (Phi) is 3.94. The molecule has 0 aliphatic carbocycles. The highest BCUT2D eigenvalue weighted by atomic mass is 35.5. The summed E-state index contributed by atoms with van der Waals surface area (Å²) in [6, 6.07) is 9.89. The zero-order valence-corrected chi connectivity index (χ0v) is 13.5. The summed E-state index contributed by atoms with van der Waals surface area (Å²) >= 11 is 5.98. The molecule has 0 aliphatic heterocycles. The van der Waals surface area contributed by atoms with Crippen LogP contribution in [0.25, 0.3) is 5.65 Å². The van der Waals surface area contributed by atoms with Gasteiger partial charge in [0.25, 0.3) is 5.91 Å². The number of amides is 2. The molecule has 122 valence electrons. The van der Waals surface area contributed by atoms with E-state index in [4.69, 9.17) is 17.3 Å². The molecule has 24 heavy (non-hydrogen) atoms. The SMILES string of the molecule is C[C@](NC(=O)c1ccc2nncn2c1)(C(N)=O)c1cccc(Cl)c1. The van der Waals surface area contributed by atoms with E-state index in [9.17, 15) is 9.59 Å². The molecule has 0 bridgehead atoms. The molecule has 1 atom stereocenters. The van der Waals surface area contributed by atoms with Crippen molar-refractivity contribution in [2.45, 2.75) is 12.5 Å². The first-order chi connectivity index (χ1) is 11.4. The van der Waals surface area contributed by atoms with Gasteiger partial charge in [-0.2, -0.15) is 0 Å². The molecule has 3 rings (SSSR count). The summed E-state index contributed by atoms with van der Waals surface area (Å²) in [6.07, 6.45) is 3.06. The molecule has 0 spiro atoms. The van der Waals surface area contributed by atoms with Crippen LogP contribution < -0.4 is 11.1 Å². The van der Waals surface area contributed by atoms with Crippen molar-refractivity contribution in [2.75, 3.05) is 0 Å². The van der Waals surface area contributed by atoms with Gasteiger partial charge in [-0.25, -0.2) is 0 Å².